The van der Waals surface area contributed by atoms with E-state index in [4.69, 9.17) is 10.5 Å². The van der Waals surface area contributed by atoms with Crippen LogP contribution in [0.25, 0.3) is 10.9 Å². The van der Waals surface area contributed by atoms with E-state index in [1.54, 1.807) is 19.5 Å². The molecule has 0 spiro atoms. The SMILES string of the molecule is COc1cccnc1C(N)c1ccc2ncccc2c1. The Morgan fingerprint density at radius 3 is 2.70 bits per heavy atom. The minimum atomic E-state index is -0.323. The molecule has 4 nitrogen and oxygen atoms in total. The number of fused-ring (bicyclic) bond motifs is 1. The third kappa shape index (κ3) is 2.21. The fourth-order valence-corrected chi connectivity index (χ4v) is 2.25. The quantitative estimate of drug-likeness (QED) is 0.791. The summed E-state index contributed by atoms with van der Waals surface area (Å²) in [6.07, 6.45) is 3.50. The topological polar surface area (TPSA) is 61.0 Å². The van der Waals surface area contributed by atoms with E-state index in [2.05, 4.69) is 9.97 Å². The van der Waals surface area contributed by atoms with Crippen LogP contribution < -0.4 is 10.5 Å². The van der Waals surface area contributed by atoms with E-state index >= 15 is 0 Å². The number of nitrogens with zero attached hydrogens (tertiary/aromatic N) is 2. The number of pyridine rings is 2. The molecule has 3 rings (SSSR count). The van der Waals surface area contributed by atoms with Crippen molar-refractivity contribution >= 4 is 10.9 Å². The Bertz CT molecular complexity index is 742. The monoisotopic (exact) mass is 265 g/mol. The molecule has 1 unspecified atom stereocenters. The smallest absolute Gasteiger partial charge is 0.142 e. The van der Waals surface area contributed by atoms with Crippen molar-refractivity contribution in [1.82, 2.24) is 9.97 Å². The highest BCUT2D eigenvalue weighted by Gasteiger charge is 2.15. The van der Waals surface area contributed by atoms with Crippen LogP contribution in [0.5, 0.6) is 5.75 Å². The molecule has 100 valence electrons. The molecule has 0 bridgehead atoms. The second-order valence-electron chi connectivity index (χ2n) is 4.52. The maximum atomic E-state index is 6.32. The number of ether oxygens (including phenoxy) is 1. The lowest BCUT2D eigenvalue weighted by molar-refractivity contribution is 0.404. The number of methoxy groups -OCH3 is 1. The van der Waals surface area contributed by atoms with Gasteiger partial charge in [0.25, 0.3) is 0 Å². The maximum absolute atomic E-state index is 6.32. The van der Waals surface area contributed by atoms with Gasteiger partial charge in [0.1, 0.15) is 11.4 Å². The summed E-state index contributed by atoms with van der Waals surface area (Å²) in [6, 6.07) is 13.3. The number of benzene rings is 1. The fourth-order valence-electron chi connectivity index (χ4n) is 2.25. The van der Waals surface area contributed by atoms with E-state index in [9.17, 15) is 0 Å². The minimum Gasteiger partial charge on any atom is -0.495 e. The lowest BCUT2D eigenvalue weighted by Gasteiger charge is -2.15. The highest BCUT2D eigenvalue weighted by Crippen LogP contribution is 2.27. The highest BCUT2D eigenvalue weighted by molar-refractivity contribution is 5.79. The summed E-state index contributed by atoms with van der Waals surface area (Å²) in [4.78, 5) is 8.65. The Labute approximate surface area is 117 Å². The lowest BCUT2D eigenvalue weighted by atomic mass is 10.0. The molecule has 1 aromatic carbocycles. The van der Waals surface area contributed by atoms with E-state index in [-0.39, 0.29) is 6.04 Å². The second kappa shape index (κ2) is 5.27. The predicted octanol–water partition coefficient (Wildman–Crippen LogP) is 2.69. The Morgan fingerprint density at radius 2 is 1.85 bits per heavy atom. The molecule has 0 amide bonds. The molecular formula is C16H15N3O. The zero-order valence-electron chi connectivity index (χ0n) is 11.2. The van der Waals surface area contributed by atoms with Crippen LogP contribution in [0.15, 0.2) is 54.9 Å². The molecule has 0 aliphatic carbocycles. The van der Waals surface area contributed by atoms with Crippen molar-refractivity contribution in [3.8, 4) is 5.75 Å². The molecule has 0 radical (unpaired) electrons. The van der Waals surface area contributed by atoms with Crippen molar-refractivity contribution in [3.63, 3.8) is 0 Å². The fraction of sp³-hybridized carbons (Fsp3) is 0.125. The average molecular weight is 265 g/mol. The van der Waals surface area contributed by atoms with E-state index in [1.807, 2.05) is 42.5 Å². The van der Waals surface area contributed by atoms with Crippen LogP contribution in [0, 0.1) is 0 Å². The predicted molar refractivity (Wildman–Crippen MR) is 78.6 cm³/mol. The third-order valence-electron chi connectivity index (χ3n) is 3.30. The zero-order chi connectivity index (χ0) is 13.9. The van der Waals surface area contributed by atoms with Crippen molar-refractivity contribution in [2.45, 2.75) is 6.04 Å². The van der Waals surface area contributed by atoms with Crippen LogP contribution in [0.1, 0.15) is 17.3 Å². The first kappa shape index (κ1) is 12.6. The first-order valence-corrected chi connectivity index (χ1v) is 6.39. The molecule has 2 N–H and O–H groups in total. The van der Waals surface area contributed by atoms with Crippen LogP contribution in [0.4, 0.5) is 0 Å². The lowest BCUT2D eigenvalue weighted by Crippen LogP contribution is -2.14. The van der Waals surface area contributed by atoms with Gasteiger partial charge in [-0.05, 0) is 35.9 Å². The van der Waals surface area contributed by atoms with Crippen molar-refractivity contribution in [3.05, 3.63) is 66.1 Å². The summed E-state index contributed by atoms with van der Waals surface area (Å²) in [5, 5.41) is 1.07. The van der Waals surface area contributed by atoms with Gasteiger partial charge in [-0.1, -0.05) is 12.1 Å². The van der Waals surface area contributed by atoms with Gasteiger partial charge in [0, 0.05) is 17.8 Å². The largest absolute Gasteiger partial charge is 0.495 e. The molecule has 0 saturated heterocycles. The molecule has 0 fully saturated rings. The Hall–Kier alpha value is -2.46. The van der Waals surface area contributed by atoms with Gasteiger partial charge in [-0.2, -0.15) is 0 Å². The summed E-state index contributed by atoms with van der Waals surface area (Å²) >= 11 is 0. The molecule has 4 heteroatoms. The van der Waals surface area contributed by atoms with E-state index in [0.717, 1.165) is 22.2 Å². The Balaban J connectivity index is 2.05. The standard InChI is InChI=1S/C16H15N3O/c1-20-14-5-3-9-19-16(14)15(17)12-6-7-13-11(10-12)4-2-8-18-13/h2-10,15H,17H2,1H3. The number of aromatic nitrogens is 2. The minimum absolute atomic E-state index is 0.323. The van der Waals surface area contributed by atoms with Gasteiger partial charge >= 0.3 is 0 Å². The molecule has 1 atom stereocenters. The first-order chi connectivity index (χ1) is 9.79. The highest BCUT2D eigenvalue weighted by atomic mass is 16.5. The summed E-state index contributed by atoms with van der Waals surface area (Å²) in [6.45, 7) is 0. The van der Waals surface area contributed by atoms with E-state index in [1.165, 1.54) is 0 Å². The van der Waals surface area contributed by atoms with Crippen LogP contribution in [0.2, 0.25) is 0 Å². The molecule has 0 saturated carbocycles. The summed E-state index contributed by atoms with van der Waals surface area (Å²) < 4.78 is 5.32. The van der Waals surface area contributed by atoms with Crippen LogP contribution >= 0.6 is 0 Å². The Kier molecular flexibility index (Phi) is 3.31. The molecule has 20 heavy (non-hydrogen) atoms. The number of hydrogen-bond acceptors (Lipinski definition) is 4. The van der Waals surface area contributed by atoms with Crippen molar-refractivity contribution < 1.29 is 4.74 Å². The molecular weight excluding hydrogens is 250 g/mol. The molecule has 3 aromatic rings. The first-order valence-electron chi connectivity index (χ1n) is 6.39. The zero-order valence-corrected chi connectivity index (χ0v) is 11.2. The van der Waals surface area contributed by atoms with Gasteiger partial charge in [-0.25, -0.2) is 0 Å². The van der Waals surface area contributed by atoms with Crippen LogP contribution in [-0.4, -0.2) is 17.1 Å². The van der Waals surface area contributed by atoms with Gasteiger partial charge in [0.2, 0.25) is 0 Å². The molecule has 2 heterocycles. The van der Waals surface area contributed by atoms with Gasteiger partial charge < -0.3 is 10.5 Å². The molecule has 0 aliphatic heterocycles. The van der Waals surface area contributed by atoms with Gasteiger partial charge in [-0.15, -0.1) is 0 Å². The van der Waals surface area contributed by atoms with Gasteiger partial charge in [-0.3, -0.25) is 9.97 Å². The second-order valence-corrected chi connectivity index (χ2v) is 4.52. The number of nitrogens with two attached hydrogens (primary N) is 1. The summed E-state index contributed by atoms with van der Waals surface area (Å²) in [7, 11) is 1.62. The van der Waals surface area contributed by atoms with Gasteiger partial charge in [0.15, 0.2) is 0 Å². The van der Waals surface area contributed by atoms with Crippen LogP contribution in [0.3, 0.4) is 0 Å². The maximum Gasteiger partial charge on any atom is 0.142 e. The third-order valence-corrected chi connectivity index (χ3v) is 3.30. The Morgan fingerprint density at radius 1 is 1.05 bits per heavy atom. The van der Waals surface area contributed by atoms with Crippen molar-refractivity contribution in [2.24, 2.45) is 5.73 Å². The van der Waals surface area contributed by atoms with E-state index < -0.39 is 0 Å². The van der Waals surface area contributed by atoms with Crippen molar-refractivity contribution in [1.29, 1.82) is 0 Å². The van der Waals surface area contributed by atoms with Gasteiger partial charge in [0.05, 0.1) is 18.7 Å². The van der Waals surface area contributed by atoms with E-state index in [0.29, 0.717) is 5.75 Å². The summed E-state index contributed by atoms with van der Waals surface area (Å²) in [5.74, 6) is 0.700. The summed E-state index contributed by atoms with van der Waals surface area (Å²) in [5.41, 5.74) is 9.00. The number of rotatable bonds is 3. The normalized spacial score (nSPS) is 12.3. The van der Waals surface area contributed by atoms with Crippen molar-refractivity contribution in [2.75, 3.05) is 7.11 Å². The van der Waals surface area contributed by atoms with Crippen LogP contribution in [-0.2, 0) is 0 Å². The number of hydrogen-bond donors (Lipinski definition) is 1. The molecule has 0 aliphatic rings. The molecule has 2 aromatic heterocycles. The average Bonchev–Trinajstić information content (AvgIpc) is 2.53.